The number of nitrogens with one attached hydrogen (secondary N) is 4. The van der Waals surface area contributed by atoms with Crippen LogP contribution < -0.4 is 21.3 Å². The zero-order valence-electron chi connectivity index (χ0n) is 20.0. The highest BCUT2D eigenvalue weighted by atomic mass is 16.2. The van der Waals surface area contributed by atoms with Crippen LogP contribution in [0.25, 0.3) is 0 Å². The Bertz CT molecular complexity index is 1060. The van der Waals surface area contributed by atoms with E-state index in [1.54, 1.807) is 24.3 Å². The lowest BCUT2D eigenvalue weighted by Crippen LogP contribution is -2.31. The molecule has 0 bridgehead atoms. The molecule has 4 N–H and O–H groups in total. The van der Waals surface area contributed by atoms with Gasteiger partial charge in [-0.2, -0.15) is 0 Å². The molecule has 0 spiro atoms. The summed E-state index contributed by atoms with van der Waals surface area (Å²) in [4.78, 5) is 48.5. The van der Waals surface area contributed by atoms with E-state index in [9.17, 15) is 19.2 Å². The van der Waals surface area contributed by atoms with Crippen molar-refractivity contribution in [3.05, 3.63) is 107 Å². The molecule has 0 aliphatic heterocycles. The zero-order chi connectivity index (χ0) is 25.6. The Balaban J connectivity index is 1.32. The van der Waals surface area contributed by atoms with Crippen molar-refractivity contribution in [3.63, 3.8) is 0 Å². The third kappa shape index (κ3) is 9.06. The molecule has 8 heteroatoms. The second kappa shape index (κ2) is 14.1. The van der Waals surface area contributed by atoms with Gasteiger partial charge in [-0.3, -0.25) is 19.2 Å². The van der Waals surface area contributed by atoms with Gasteiger partial charge in [0.25, 0.3) is 11.8 Å². The Morgan fingerprint density at radius 2 is 0.833 bits per heavy atom. The van der Waals surface area contributed by atoms with Crippen LogP contribution in [0.5, 0.6) is 0 Å². The summed E-state index contributed by atoms with van der Waals surface area (Å²) >= 11 is 0. The molecule has 0 saturated heterocycles. The number of rotatable bonds is 12. The van der Waals surface area contributed by atoms with Crippen LogP contribution in [0.4, 0.5) is 0 Å². The van der Waals surface area contributed by atoms with Crippen LogP contribution in [-0.4, -0.2) is 36.7 Å². The van der Waals surface area contributed by atoms with Crippen LogP contribution in [-0.2, 0) is 22.7 Å². The Labute approximate surface area is 210 Å². The Hall–Kier alpha value is -4.46. The van der Waals surface area contributed by atoms with Crippen LogP contribution in [0.1, 0.15) is 44.7 Å². The Morgan fingerprint density at radius 3 is 1.19 bits per heavy atom. The minimum atomic E-state index is -0.326. The number of carbonyl (C=O) groups excluding carboxylic acids is 4. The van der Waals surface area contributed by atoms with E-state index in [0.717, 1.165) is 11.1 Å². The highest BCUT2D eigenvalue weighted by Crippen LogP contribution is 2.05. The molecule has 0 aliphatic rings. The molecule has 0 radical (unpaired) electrons. The van der Waals surface area contributed by atoms with Crippen LogP contribution in [0.3, 0.4) is 0 Å². The fourth-order valence-corrected chi connectivity index (χ4v) is 3.33. The van der Waals surface area contributed by atoms with E-state index in [2.05, 4.69) is 21.3 Å². The van der Waals surface area contributed by atoms with Crippen molar-refractivity contribution < 1.29 is 19.2 Å². The fraction of sp³-hybridized carbons (Fsp3) is 0.214. The van der Waals surface area contributed by atoms with Gasteiger partial charge in [0.2, 0.25) is 11.8 Å². The third-order valence-corrected chi connectivity index (χ3v) is 5.35. The largest absolute Gasteiger partial charge is 0.352 e. The van der Waals surface area contributed by atoms with Gasteiger partial charge in [0.15, 0.2) is 0 Å². The number of hydrogen-bond acceptors (Lipinski definition) is 4. The highest BCUT2D eigenvalue weighted by Gasteiger charge is 2.10. The molecule has 4 amide bonds. The van der Waals surface area contributed by atoms with Gasteiger partial charge in [-0.25, -0.2) is 0 Å². The lowest BCUT2D eigenvalue weighted by Gasteiger charge is -2.08. The van der Waals surface area contributed by atoms with Gasteiger partial charge in [0.05, 0.1) is 0 Å². The summed E-state index contributed by atoms with van der Waals surface area (Å²) < 4.78 is 0. The van der Waals surface area contributed by atoms with Crippen molar-refractivity contribution >= 4 is 23.6 Å². The first-order valence-corrected chi connectivity index (χ1v) is 11.8. The number of hydrogen-bond donors (Lipinski definition) is 4. The lowest BCUT2D eigenvalue weighted by atomic mass is 10.1. The predicted octanol–water partition coefficient (Wildman–Crippen LogP) is 2.56. The van der Waals surface area contributed by atoms with Gasteiger partial charge in [0, 0.05) is 50.1 Å². The van der Waals surface area contributed by atoms with Crippen molar-refractivity contribution in [3.8, 4) is 0 Å². The molecule has 0 aliphatic carbocycles. The van der Waals surface area contributed by atoms with E-state index in [0.29, 0.717) is 24.2 Å². The number of amides is 4. The van der Waals surface area contributed by atoms with Crippen molar-refractivity contribution in [2.45, 2.75) is 25.9 Å². The smallest absolute Gasteiger partial charge is 0.251 e. The average molecular weight is 487 g/mol. The third-order valence-electron chi connectivity index (χ3n) is 5.35. The molecular formula is C28H30N4O4. The summed E-state index contributed by atoms with van der Waals surface area (Å²) in [6.07, 6.45) is 0.329. The Kier molecular flexibility index (Phi) is 10.2. The summed E-state index contributed by atoms with van der Waals surface area (Å²) in [5.41, 5.74) is 2.78. The minimum absolute atomic E-state index is 0.153. The second-order valence-corrected chi connectivity index (χ2v) is 8.11. The molecule has 3 aromatic carbocycles. The molecule has 186 valence electrons. The van der Waals surface area contributed by atoms with Gasteiger partial charge >= 0.3 is 0 Å². The van der Waals surface area contributed by atoms with Gasteiger partial charge in [0.1, 0.15) is 0 Å². The van der Waals surface area contributed by atoms with Crippen molar-refractivity contribution in [2.75, 3.05) is 13.1 Å². The zero-order valence-corrected chi connectivity index (χ0v) is 20.0. The molecule has 0 atom stereocenters. The molecule has 0 fully saturated rings. The normalized spacial score (nSPS) is 10.2. The van der Waals surface area contributed by atoms with E-state index in [1.807, 2.05) is 60.7 Å². The molecule has 8 nitrogen and oxygen atoms in total. The number of carbonyl (C=O) groups is 4. The van der Waals surface area contributed by atoms with Gasteiger partial charge in [-0.05, 0) is 35.4 Å². The summed E-state index contributed by atoms with van der Waals surface area (Å²) in [5, 5.41) is 11.0. The SMILES string of the molecule is O=C(CCNC(=O)c1ccc(C(=O)NCCC(=O)NCc2ccccc2)cc1)NCc1ccccc1. The standard InChI is InChI=1S/C28H30N4O4/c33-25(31-19-21-7-3-1-4-8-21)15-17-29-27(35)23-11-13-24(14-12-23)28(36)30-18-16-26(34)32-20-22-9-5-2-6-10-22/h1-14H,15-20H2,(H,29,35)(H,30,36)(H,31,33)(H,32,34). The molecule has 0 heterocycles. The van der Waals surface area contributed by atoms with Crippen LogP contribution in [0.2, 0.25) is 0 Å². The maximum atomic E-state index is 12.3. The van der Waals surface area contributed by atoms with E-state index in [-0.39, 0.29) is 49.6 Å². The maximum Gasteiger partial charge on any atom is 0.251 e. The first-order chi connectivity index (χ1) is 17.5. The van der Waals surface area contributed by atoms with E-state index >= 15 is 0 Å². The van der Waals surface area contributed by atoms with Crippen molar-refractivity contribution in [1.82, 2.24) is 21.3 Å². The molecule has 36 heavy (non-hydrogen) atoms. The predicted molar refractivity (Wildman–Crippen MR) is 137 cm³/mol. The molecular weight excluding hydrogens is 456 g/mol. The van der Waals surface area contributed by atoms with Gasteiger partial charge in [-0.15, -0.1) is 0 Å². The van der Waals surface area contributed by atoms with Crippen molar-refractivity contribution in [1.29, 1.82) is 0 Å². The lowest BCUT2D eigenvalue weighted by molar-refractivity contribution is -0.121. The van der Waals surface area contributed by atoms with Gasteiger partial charge < -0.3 is 21.3 Å². The monoisotopic (exact) mass is 486 g/mol. The summed E-state index contributed by atoms with van der Waals surface area (Å²) in [6, 6.07) is 25.3. The highest BCUT2D eigenvalue weighted by molar-refractivity contribution is 5.98. The van der Waals surface area contributed by atoms with Crippen LogP contribution in [0, 0.1) is 0 Å². The van der Waals surface area contributed by atoms with E-state index in [4.69, 9.17) is 0 Å². The number of benzene rings is 3. The first kappa shape index (κ1) is 26.2. The molecule has 3 aromatic rings. The molecule has 0 saturated carbocycles. The first-order valence-electron chi connectivity index (χ1n) is 11.8. The summed E-state index contributed by atoms with van der Waals surface area (Å²) in [6.45, 7) is 1.28. The topological polar surface area (TPSA) is 116 Å². The fourth-order valence-electron chi connectivity index (χ4n) is 3.33. The minimum Gasteiger partial charge on any atom is -0.352 e. The van der Waals surface area contributed by atoms with Crippen molar-refractivity contribution in [2.24, 2.45) is 0 Å². The summed E-state index contributed by atoms with van der Waals surface area (Å²) in [5.74, 6) is -0.958. The Morgan fingerprint density at radius 1 is 0.472 bits per heavy atom. The quantitative estimate of drug-likeness (QED) is 0.315. The molecule has 0 aromatic heterocycles. The van der Waals surface area contributed by atoms with Crippen LogP contribution >= 0.6 is 0 Å². The molecule has 3 rings (SSSR count). The van der Waals surface area contributed by atoms with Crippen LogP contribution in [0.15, 0.2) is 84.9 Å². The van der Waals surface area contributed by atoms with E-state index in [1.165, 1.54) is 0 Å². The average Bonchev–Trinajstić information content (AvgIpc) is 2.92. The second-order valence-electron chi connectivity index (χ2n) is 8.11. The maximum absolute atomic E-state index is 12.3. The molecule has 0 unspecified atom stereocenters. The van der Waals surface area contributed by atoms with Gasteiger partial charge in [-0.1, -0.05) is 60.7 Å². The van der Waals surface area contributed by atoms with E-state index < -0.39 is 0 Å². The summed E-state index contributed by atoms with van der Waals surface area (Å²) in [7, 11) is 0.